The van der Waals surface area contributed by atoms with E-state index in [1.165, 1.54) is 0 Å². The van der Waals surface area contributed by atoms with Gasteiger partial charge in [-0.1, -0.05) is 13.8 Å². The van der Waals surface area contributed by atoms with Crippen LogP contribution < -0.4 is 5.32 Å². The van der Waals surface area contributed by atoms with Crippen molar-refractivity contribution in [2.24, 2.45) is 0 Å². The van der Waals surface area contributed by atoms with Gasteiger partial charge in [0.15, 0.2) is 0 Å². The van der Waals surface area contributed by atoms with E-state index in [9.17, 15) is 9.59 Å². The fourth-order valence-electron chi connectivity index (χ4n) is 0.740. The molecule has 1 atom stereocenters. The maximum absolute atomic E-state index is 10.3. The quantitative estimate of drug-likeness (QED) is 0.543. The summed E-state index contributed by atoms with van der Waals surface area (Å²) in [5.41, 5.74) is 0. The molecular formula is C7H13NO2. The molecule has 0 unspecified atom stereocenters. The molecule has 1 aliphatic rings. The molecule has 3 heteroatoms. The summed E-state index contributed by atoms with van der Waals surface area (Å²) in [4.78, 5) is 20.3. The fourth-order valence-corrected chi connectivity index (χ4v) is 0.740. The lowest BCUT2D eigenvalue weighted by atomic mass is 10.2. The number of nitrogens with one attached hydrogen (secondary N) is 1. The summed E-state index contributed by atoms with van der Waals surface area (Å²) >= 11 is 0. The molecule has 0 radical (unpaired) electrons. The normalized spacial score (nSPS) is 22.6. The van der Waals surface area contributed by atoms with Gasteiger partial charge in [0.05, 0.1) is 6.04 Å². The van der Waals surface area contributed by atoms with E-state index in [1.54, 1.807) is 0 Å². The second kappa shape index (κ2) is 4.97. The van der Waals surface area contributed by atoms with Crippen LogP contribution in [0.3, 0.4) is 0 Å². The van der Waals surface area contributed by atoms with Crippen LogP contribution in [0.15, 0.2) is 0 Å². The average Bonchev–Trinajstić information content (AvgIpc) is 2.40. The second-order valence-electron chi connectivity index (χ2n) is 1.85. The molecule has 0 spiro atoms. The Morgan fingerprint density at radius 1 is 1.60 bits per heavy atom. The molecule has 0 saturated carbocycles. The standard InChI is InChI=1S/C5H7NO2.C2H6/c7-3-4-1-2-5(8)6-4;1-2/h3-4H,1-2H2,(H,6,8);1-2H3/t4-;/m0./s1. The summed E-state index contributed by atoms with van der Waals surface area (Å²) in [5, 5.41) is 2.50. The average molecular weight is 143 g/mol. The van der Waals surface area contributed by atoms with Gasteiger partial charge in [0.25, 0.3) is 0 Å². The molecule has 1 aliphatic heterocycles. The van der Waals surface area contributed by atoms with E-state index < -0.39 is 0 Å². The number of amides is 1. The van der Waals surface area contributed by atoms with Crippen molar-refractivity contribution in [1.82, 2.24) is 5.32 Å². The molecule has 0 bridgehead atoms. The molecule has 1 saturated heterocycles. The molecule has 0 aromatic rings. The smallest absolute Gasteiger partial charge is 0.220 e. The topological polar surface area (TPSA) is 46.2 Å². The maximum atomic E-state index is 10.3. The van der Waals surface area contributed by atoms with Gasteiger partial charge >= 0.3 is 0 Å². The Hall–Kier alpha value is -0.860. The van der Waals surface area contributed by atoms with Crippen LogP contribution in [-0.2, 0) is 9.59 Å². The largest absolute Gasteiger partial charge is 0.347 e. The Balaban J connectivity index is 0.000000371. The van der Waals surface area contributed by atoms with Crippen molar-refractivity contribution >= 4 is 12.2 Å². The Morgan fingerprint density at radius 3 is 2.40 bits per heavy atom. The molecular weight excluding hydrogens is 130 g/mol. The van der Waals surface area contributed by atoms with Gasteiger partial charge in [-0.15, -0.1) is 0 Å². The highest BCUT2D eigenvalue weighted by atomic mass is 16.2. The van der Waals surface area contributed by atoms with E-state index in [0.717, 1.165) is 6.29 Å². The minimum atomic E-state index is -0.206. The van der Waals surface area contributed by atoms with Crippen LogP contribution in [0, 0.1) is 0 Å². The molecule has 58 valence electrons. The van der Waals surface area contributed by atoms with Crippen molar-refractivity contribution in [1.29, 1.82) is 0 Å². The van der Waals surface area contributed by atoms with Gasteiger partial charge in [-0.25, -0.2) is 0 Å². The highest BCUT2D eigenvalue weighted by Gasteiger charge is 2.18. The van der Waals surface area contributed by atoms with E-state index in [1.807, 2.05) is 13.8 Å². The van der Waals surface area contributed by atoms with Gasteiger partial charge in [0.1, 0.15) is 6.29 Å². The van der Waals surface area contributed by atoms with Crippen molar-refractivity contribution in [3.05, 3.63) is 0 Å². The first-order valence-electron chi connectivity index (χ1n) is 3.57. The van der Waals surface area contributed by atoms with Crippen LogP contribution in [0.25, 0.3) is 0 Å². The van der Waals surface area contributed by atoms with Crippen molar-refractivity contribution < 1.29 is 9.59 Å². The summed E-state index contributed by atoms with van der Waals surface area (Å²) in [7, 11) is 0. The molecule has 10 heavy (non-hydrogen) atoms. The van der Waals surface area contributed by atoms with Crippen LogP contribution in [0.5, 0.6) is 0 Å². The van der Waals surface area contributed by atoms with E-state index in [2.05, 4.69) is 5.32 Å². The molecule has 1 heterocycles. The fraction of sp³-hybridized carbons (Fsp3) is 0.714. The predicted octanol–water partition coefficient (Wildman–Crippen LogP) is 0.490. The molecule has 1 rings (SSSR count). The third-order valence-corrected chi connectivity index (χ3v) is 1.19. The second-order valence-corrected chi connectivity index (χ2v) is 1.85. The summed E-state index contributed by atoms with van der Waals surface area (Å²) in [6.45, 7) is 4.00. The van der Waals surface area contributed by atoms with E-state index in [0.29, 0.717) is 12.8 Å². The van der Waals surface area contributed by atoms with Gasteiger partial charge in [-0.2, -0.15) is 0 Å². The molecule has 3 nitrogen and oxygen atoms in total. The minimum Gasteiger partial charge on any atom is -0.347 e. The van der Waals surface area contributed by atoms with Crippen LogP contribution in [0.1, 0.15) is 26.7 Å². The van der Waals surface area contributed by atoms with Crippen LogP contribution in [-0.4, -0.2) is 18.2 Å². The van der Waals surface area contributed by atoms with Crippen molar-refractivity contribution in [3.63, 3.8) is 0 Å². The first-order valence-corrected chi connectivity index (χ1v) is 3.57. The Bertz CT molecular complexity index is 123. The highest BCUT2D eigenvalue weighted by molar-refractivity contribution is 5.83. The van der Waals surface area contributed by atoms with Crippen LogP contribution in [0.4, 0.5) is 0 Å². The summed E-state index contributed by atoms with van der Waals surface area (Å²) in [6.07, 6.45) is 1.94. The first-order chi connectivity index (χ1) is 4.83. The van der Waals surface area contributed by atoms with E-state index in [4.69, 9.17) is 0 Å². The van der Waals surface area contributed by atoms with Gasteiger partial charge in [0, 0.05) is 6.42 Å². The predicted molar refractivity (Wildman–Crippen MR) is 38.6 cm³/mol. The number of carbonyl (C=O) groups excluding carboxylic acids is 2. The molecule has 0 aromatic carbocycles. The van der Waals surface area contributed by atoms with Crippen molar-refractivity contribution in [3.8, 4) is 0 Å². The third-order valence-electron chi connectivity index (χ3n) is 1.19. The zero-order valence-electron chi connectivity index (χ0n) is 6.39. The van der Waals surface area contributed by atoms with Crippen molar-refractivity contribution in [2.45, 2.75) is 32.7 Å². The van der Waals surface area contributed by atoms with Crippen molar-refractivity contribution in [2.75, 3.05) is 0 Å². The zero-order chi connectivity index (χ0) is 7.98. The number of rotatable bonds is 1. The van der Waals surface area contributed by atoms with Gasteiger partial charge in [0.2, 0.25) is 5.91 Å². The highest BCUT2D eigenvalue weighted by Crippen LogP contribution is 2.02. The molecule has 1 amide bonds. The first kappa shape index (κ1) is 9.14. The lowest BCUT2D eigenvalue weighted by Crippen LogP contribution is -2.25. The summed E-state index contributed by atoms with van der Waals surface area (Å²) in [6, 6.07) is -0.206. The molecule has 1 N–H and O–H groups in total. The number of hydrogen-bond donors (Lipinski definition) is 1. The summed E-state index contributed by atoms with van der Waals surface area (Å²) in [5.74, 6) is -0.0119. The van der Waals surface area contributed by atoms with Gasteiger partial charge in [-0.3, -0.25) is 4.79 Å². The minimum absolute atomic E-state index is 0.0119. The van der Waals surface area contributed by atoms with E-state index in [-0.39, 0.29) is 11.9 Å². The lowest BCUT2D eigenvalue weighted by Gasteiger charge is -1.94. The number of aldehydes is 1. The third kappa shape index (κ3) is 2.62. The molecule has 1 fully saturated rings. The maximum Gasteiger partial charge on any atom is 0.220 e. The van der Waals surface area contributed by atoms with Gasteiger partial charge < -0.3 is 10.1 Å². The molecule has 0 aromatic heterocycles. The summed E-state index contributed by atoms with van der Waals surface area (Å²) < 4.78 is 0. The van der Waals surface area contributed by atoms with Crippen LogP contribution >= 0.6 is 0 Å². The van der Waals surface area contributed by atoms with E-state index >= 15 is 0 Å². The zero-order valence-corrected chi connectivity index (χ0v) is 6.39. The Labute approximate surface area is 60.8 Å². The number of hydrogen-bond acceptors (Lipinski definition) is 2. The van der Waals surface area contributed by atoms with Crippen LogP contribution in [0.2, 0.25) is 0 Å². The van der Waals surface area contributed by atoms with Gasteiger partial charge in [-0.05, 0) is 6.42 Å². The number of carbonyl (C=O) groups is 2. The lowest BCUT2D eigenvalue weighted by molar-refractivity contribution is -0.120. The monoisotopic (exact) mass is 143 g/mol. The Morgan fingerprint density at radius 2 is 2.20 bits per heavy atom. The Kier molecular flexibility index (Phi) is 4.54. The SMILES string of the molecule is CC.O=C[C@@H]1CCC(=O)N1. The molecule has 0 aliphatic carbocycles.